The maximum Gasteiger partial charge on any atom is 0.193 e. The first-order valence-corrected chi connectivity index (χ1v) is 8.68. The highest BCUT2D eigenvalue weighted by molar-refractivity contribution is 6.11. The highest BCUT2D eigenvalue weighted by Gasteiger charge is 2.25. The van der Waals surface area contributed by atoms with Crippen molar-refractivity contribution in [3.8, 4) is 5.75 Å². The number of fused-ring (bicyclic) bond motifs is 1. The van der Waals surface area contributed by atoms with Crippen LogP contribution in [0, 0.1) is 0 Å². The van der Waals surface area contributed by atoms with Crippen LogP contribution in [0.4, 0.5) is 5.69 Å². The predicted molar refractivity (Wildman–Crippen MR) is 106 cm³/mol. The van der Waals surface area contributed by atoms with Gasteiger partial charge >= 0.3 is 0 Å². The lowest BCUT2D eigenvalue weighted by Gasteiger charge is -2.18. The van der Waals surface area contributed by atoms with Crippen LogP contribution in [-0.4, -0.2) is 22.9 Å². The first-order valence-electron chi connectivity index (χ1n) is 8.68. The van der Waals surface area contributed by atoms with Gasteiger partial charge in [0, 0.05) is 40.6 Å². The summed E-state index contributed by atoms with van der Waals surface area (Å²) in [5, 5.41) is 4.22. The number of methoxy groups -OCH3 is 1. The number of nitrogens with zero attached hydrogens (tertiary/aromatic N) is 1. The van der Waals surface area contributed by atoms with E-state index in [1.165, 1.54) is 0 Å². The van der Waals surface area contributed by atoms with Gasteiger partial charge in [-0.05, 0) is 30.3 Å². The number of para-hydroxylation sites is 1. The maximum absolute atomic E-state index is 13.4. The van der Waals surface area contributed by atoms with Crippen molar-refractivity contribution in [1.82, 2.24) is 9.97 Å². The van der Waals surface area contributed by atoms with Crippen molar-refractivity contribution in [2.24, 2.45) is 0 Å². The van der Waals surface area contributed by atoms with E-state index >= 15 is 0 Å². The number of carbonyl (C=O) groups is 1. The fourth-order valence-electron chi connectivity index (χ4n) is 3.13. The van der Waals surface area contributed by atoms with E-state index in [9.17, 15) is 4.79 Å². The summed E-state index contributed by atoms with van der Waals surface area (Å²) in [6.45, 7) is 0. The lowest BCUT2D eigenvalue weighted by Crippen LogP contribution is -2.22. The van der Waals surface area contributed by atoms with E-state index in [1.54, 1.807) is 19.5 Å². The standard InChI is InChI=1S/C22H19N3O2/c1-27-16-8-6-7-15(13-16)25-21(20-11-4-5-12-23-20)22(26)18-14-24-19-10-3-2-9-17(18)19/h2-14,21,24-25H,1H3. The molecule has 2 N–H and O–H groups in total. The molecule has 1 atom stereocenters. The number of hydrogen-bond acceptors (Lipinski definition) is 4. The number of rotatable bonds is 6. The van der Waals surface area contributed by atoms with Crippen LogP contribution in [0.3, 0.4) is 0 Å². The van der Waals surface area contributed by atoms with E-state index in [4.69, 9.17) is 4.74 Å². The minimum Gasteiger partial charge on any atom is -0.497 e. The summed E-state index contributed by atoms with van der Waals surface area (Å²) in [4.78, 5) is 21.0. The molecule has 0 aliphatic heterocycles. The third-order valence-corrected chi connectivity index (χ3v) is 4.48. The molecule has 0 fully saturated rings. The van der Waals surface area contributed by atoms with Crippen LogP contribution in [0.25, 0.3) is 10.9 Å². The Morgan fingerprint density at radius 3 is 2.74 bits per heavy atom. The molecule has 0 saturated carbocycles. The lowest BCUT2D eigenvalue weighted by molar-refractivity contribution is 0.0969. The second-order valence-electron chi connectivity index (χ2n) is 6.18. The molecule has 0 aliphatic rings. The van der Waals surface area contributed by atoms with Crippen molar-refractivity contribution in [3.05, 3.63) is 90.4 Å². The number of aromatic nitrogens is 2. The molecule has 0 spiro atoms. The molecule has 134 valence electrons. The summed E-state index contributed by atoms with van der Waals surface area (Å²) in [7, 11) is 1.62. The molecule has 0 radical (unpaired) electrons. The average Bonchev–Trinajstić information content (AvgIpc) is 3.16. The van der Waals surface area contributed by atoms with Gasteiger partial charge in [0.05, 0.1) is 12.8 Å². The molecule has 5 nitrogen and oxygen atoms in total. The molecular weight excluding hydrogens is 338 g/mol. The van der Waals surface area contributed by atoms with Crippen LogP contribution in [0.5, 0.6) is 5.75 Å². The van der Waals surface area contributed by atoms with Gasteiger partial charge in [-0.2, -0.15) is 0 Å². The van der Waals surface area contributed by atoms with Crippen LogP contribution in [0.2, 0.25) is 0 Å². The third-order valence-electron chi connectivity index (χ3n) is 4.48. The lowest BCUT2D eigenvalue weighted by atomic mass is 10.00. The van der Waals surface area contributed by atoms with Crippen molar-refractivity contribution < 1.29 is 9.53 Å². The fourth-order valence-corrected chi connectivity index (χ4v) is 3.13. The normalized spacial score (nSPS) is 11.9. The molecule has 0 saturated heterocycles. The number of Topliss-reactive ketones (excluding diaryl/α,β-unsaturated/α-hetero) is 1. The fraction of sp³-hybridized carbons (Fsp3) is 0.0909. The van der Waals surface area contributed by atoms with Crippen molar-refractivity contribution >= 4 is 22.4 Å². The zero-order valence-electron chi connectivity index (χ0n) is 14.8. The SMILES string of the molecule is COc1cccc(NC(C(=O)c2c[nH]c3ccccc23)c2ccccn2)c1. The minimum absolute atomic E-state index is 0.0473. The van der Waals surface area contributed by atoms with Gasteiger partial charge in [0.25, 0.3) is 0 Å². The summed E-state index contributed by atoms with van der Waals surface area (Å²) in [5.41, 5.74) is 3.02. The van der Waals surface area contributed by atoms with Crippen LogP contribution < -0.4 is 10.1 Å². The van der Waals surface area contributed by atoms with Crippen molar-refractivity contribution in [2.75, 3.05) is 12.4 Å². The molecule has 0 bridgehead atoms. The topological polar surface area (TPSA) is 67.0 Å². The van der Waals surface area contributed by atoms with Gasteiger partial charge in [0.2, 0.25) is 0 Å². The second-order valence-corrected chi connectivity index (χ2v) is 6.18. The van der Waals surface area contributed by atoms with Gasteiger partial charge in [-0.1, -0.05) is 30.3 Å². The van der Waals surface area contributed by atoms with Crippen molar-refractivity contribution in [1.29, 1.82) is 0 Å². The monoisotopic (exact) mass is 357 g/mol. The minimum atomic E-state index is -0.613. The smallest absolute Gasteiger partial charge is 0.193 e. The van der Waals surface area contributed by atoms with Crippen LogP contribution in [0.15, 0.2) is 79.1 Å². The molecule has 1 unspecified atom stereocenters. The highest BCUT2D eigenvalue weighted by atomic mass is 16.5. The number of benzene rings is 2. The molecule has 4 rings (SSSR count). The van der Waals surface area contributed by atoms with Crippen LogP contribution >= 0.6 is 0 Å². The van der Waals surface area contributed by atoms with Gasteiger partial charge in [-0.3, -0.25) is 9.78 Å². The Kier molecular flexibility index (Phi) is 4.58. The summed E-state index contributed by atoms with van der Waals surface area (Å²) in [5.74, 6) is 0.674. The molecule has 5 heteroatoms. The molecule has 2 heterocycles. The molecule has 2 aromatic heterocycles. The Bertz CT molecular complexity index is 1070. The van der Waals surface area contributed by atoms with Crippen LogP contribution in [-0.2, 0) is 0 Å². The number of carbonyl (C=O) groups excluding carboxylic acids is 1. The zero-order valence-corrected chi connectivity index (χ0v) is 14.8. The summed E-state index contributed by atoms with van der Waals surface area (Å²) in [6, 6.07) is 20.2. The van der Waals surface area contributed by atoms with Gasteiger partial charge in [0.1, 0.15) is 11.8 Å². The van der Waals surface area contributed by atoms with E-state index in [0.717, 1.165) is 22.3 Å². The molecule has 4 aromatic rings. The number of ether oxygens (including phenoxy) is 1. The van der Waals surface area contributed by atoms with E-state index < -0.39 is 6.04 Å². The Morgan fingerprint density at radius 1 is 1.07 bits per heavy atom. The van der Waals surface area contributed by atoms with E-state index in [0.29, 0.717) is 11.3 Å². The number of nitrogens with one attached hydrogen (secondary N) is 2. The Morgan fingerprint density at radius 2 is 1.93 bits per heavy atom. The average molecular weight is 357 g/mol. The Labute approximate surface area is 157 Å². The van der Waals surface area contributed by atoms with Crippen molar-refractivity contribution in [2.45, 2.75) is 6.04 Å². The van der Waals surface area contributed by atoms with E-state index in [-0.39, 0.29) is 5.78 Å². The quantitative estimate of drug-likeness (QED) is 0.495. The Balaban J connectivity index is 1.74. The largest absolute Gasteiger partial charge is 0.497 e. The maximum atomic E-state index is 13.4. The number of anilines is 1. The van der Waals surface area contributed by atoms with Crippen molar-refractivity contribution in [3.63, 3.8) is 0 Å². The number of aromatic amines is 1. The third kappa shape index (κ3) is 3.40. The Hall–Kier alpha value is -3.60. The molecular formula is C22H19N3O2. The number of pyridine rings is 1. The predicted octanol–water partition coefficient (Wildman–Crippen LogP) is 4.61. The van der Waals surface area contributed by atoms with Gasteiger partial charge in [-0.15, -0.1) is 0 Å². The second kappa shape index (κ2) is 7.33. The molecule has 2 aromatic carbocycles. The summed E-state index contributed by atoms with van der Waals surface area (Å²) >= 11 is 0. The highest BCUT2D eigenvalue weighted by Crippen LogP contribution is 2.28. The number of ketones is 1. The summed E-state index contributed by atoms with van der Waals surface area (Å²) in [6.07, 6.45) is 3.45. The summed E-state index contributed by atoms with van der Waals surface area (Å²) < 4.78 is 5.29. The van der Waals surface area contributed by atoms with Gasteiger partial charge in [0.15, 0.2) is 5.78 Å². The van der Waals surface area contributed by atoms with E-state index in [2.05, 4.69) is 15.3 Å². The number of hydrogen-bond donors (Lipinski definition) is 2. The van der Waals surface area contributed by atoms with Gasteiger partial charge < -0.3 is 15.0 Å². The molecule has 0 amide bonds. The number of H-pyrrole nitrogens is 1. The van der Waals surface area contributed by atoms with Gasteiger partial charge in [-0.25, -0.2) is 0 Å². The zero-order chi connectivity index (χ0) is 18.6. The first kappa shape index (κ1) is 16.8. The molecule has 27 heavy (non-hydrogen) atoms. The van der Waals surface area contributed by atoms with E-state index in [1.807, 2.05) is 66.7 Å². The molecule has 0 aliphatic carbocycles. The van der Waals surface area contributed by atoms with Crippen LogP contribution in [0.1, 0.15) is 22.1 Å². The first-order chi connectivity index (χ1) is 13.3.